The molecule has 0 unspecified atom stereocenters. The van der Waals surface area contributed by atoms with E-state index in [1.807, 2.05) is 11.8 Å². The number of fused-ring (bicyclic) bond motifs is 1. The lowest BCUT2D eigenvalue weighted by molar-refractivity contribution is 0.0322. The summed E-state index contributed by atoms with van der Waals surface area (Å²) < 4.78 is 5.54. The predicted octanol–water partition coefficient (Wildman–Crippen LogP) is 2.44. The van der Waals surface area contributed by atoms with E-state index >= 15 is 0 Å². The first-order chi connectivity index (χ1) is 9.79. The lowest BCUT2D eigenvalue weighted by atomic mass is 10.1. The standard InChI is InChI=1S/C14H20N2O2S2/c1-2-3-13-15-8-11(20-13)14(17)16-5-7-19-12-9-18-6-4-10(12)16/h8,10,12H,2-7,9H2,1H3/t10-,12-/m1/s1. The second-order valence-corrected chi connectivity index (χ2v) is 7.67. The fourth-order valence-electron chi connectivity index (χ4n) is 2.82. The molecule has 0 N–H and O–H groups in total. The highest BCUT2D eigenvalue weighted by molar-refractivity contribution is 8.00. The second-order valence-electron chi connectivity index (χ2n) is 5.21. The lowest BCUT2D eigenvalue weighted by Crippen LogP contribution is -2.54. The van der Waals surface area contributed by atoms with Crippen molar-refractivity contribution in [3.05, 3.63) is 16.1 Å². The van der Waals surface area contributed by atoms with Gasteiger partial charge in [0.15, 0.2) is 0 Å². The summed E-state index contributed by atoms with van der Waals surface area (Å²) in [5, 5.41) is 1.52. The molecule has 6 heteroatoms. The van der Waals surface area contributed by atoms with E-state index in [0.717, 1.165) is 54.7 Å². The van der Waals surface area contributed by atoms with Gasteiger partial charge in [-0.3, -0.25) is 4.79 Å². The molecule has 2 aliphatic heterocycles. The van der Waals surface area contributed by atoms with Crippen molar-refractivity contribution in [2.75, 3.05) is 25.5 Å². The number of amides is 1. The molecule has 1 amide bonds. The van der Waals surface area contributed by atoms with Gasteiger partial charge in [0.1, 0.15) is 4.88 Å². The Kier molecular flexibility index (Phi) is 4.63. The summed E-state index contributed by atoms with van der Waals surface area (Å²) in [5.41, 5.74) is 0. The maximum Gasteiger partial charge on any atom is 0.265 e. The first-order valence-corrected chi connectivity index (χ1v) is 9.11. The van der Waals surface area contributed by atoms with Crippen molar-refractivity contribution in [3.8, 4) is 0 Å². The smallest absolute Gasteiger partial charge is 0.265 e. The predicted molar refractivity (Wildman–Crippen MR) is 82.6 cm³/mol. The number of aryl methyl sites for hydroxylation is 1. The highest BCUT2D eigenvalue weighted by Crippen LogP contribution is 2.31. The minimum absolute atomic E-state index is 0.169. The SMILES string of the molecule is CCCc1ncc(C(=O)N2CCS[C@@H]3COCC[C@H]32)s1. The molecule has 0 aromatic carbocycles. The van der Waals surface area contributed by atoms with Crippen LogP contribution in [-0.2, 0) is 11.2 Å². The number of ether oxygens (including phenoxy) is 1. The van der Waals surface area contributed by atoms with Gasteiger partial charge in [-0.2, -0.15) is 11.8 Å². The largest absolute Gasteiger partial charge is 0.380 e. The Morgan fingerprint density at radius 2 is 2.50 bits per heavy atom. The molecule has 1 aromatic heterocycles. The van der Waals surface area contributed by atoms with Crippen LogP contribution in [0.15, 0.2) is 6.20 Å². The summed E-state index contributed by atoms with van der Waals surface area (Å²) in [5.74, 6) is 1.18. The van der Waals surface area contributed by atoms with Gasteiger partial charge in [-0.15, -0.1) is 11.3 Å². The molecule has 2 atom stereocenters. The summed E-state index contributed by atoms with van der Waals surface area (Å²) in [7, 11) is 0. The number of nitrogens with zero attached hydrogens (tertiary/aromatic N) is 2. The minimum atomic E-state index is 0.169. The van der Waals surface area contributed by atoms with E-state index in [1.165, 1.54) is 0 Å². The fraction of sp³-hybridized carbons (Fsp3) is 0.714. The third kappa shape index (κ3) is 2.87. The van der Waals surface area contributed by atoms with Crippen LogP contribution in [0, 0.1) is 0 Å². The zero-order chi connectivity index (χ0) is 13.9. The van der Waals surface area contributed by atoms with Gasteiger partial charge in [0.25, 0.3) is 5.91 Å². The van der Waals surface area contributed by atoms with Gasteiger partial charge in [-0.25, -0.2) is 4.98 Å². The van der Waals surface area contributed by atoms with Crippen LogP contribution >= 0.6 is 23.1 Å². The molecule has 2 aliphatic rings. The van der Waals surface area contributed by atoms with E-state index in [4.69, 9.17) is 4.74 Å². The summed E-state index contributed by atoms with van der Waals surface area (Å²) in [4.78, 5) is 19.9. The van der Waals surface area contributed by atoms with Crippen LogP contribution in [0.1, 0.15) is 34.4 Å². The van der Waals surface area contributed by atoms with E-state index in [-0.39, 0.29) is 5.91 Å². The zero-order valence-electron chi connectivity index (χ0n) is 11.7. The van der Waals surface area contributed by atoms with E-state index < -0.39 is 0 Å². The highest BCUT2D eigenvalue weighted by atomic mass is 32.2. The van der Waals surface area contributed by atoms with Crippen LogP contribution in [-0.4, -0.2) is 52.6 Å². The Morgan fingerprint density at radius 1 is 1.60 bits per heavy atom. The van der Waals surface area contributed by atoms with Crippen molar-refractivity contribution in [3.63, 3.8) is 0 Å². The van der Waals surface area contributed by atoms with Gasteiger partial charge in [0, 0.05) is 30.2 Å². The Hall–Kier alpha value is -0.590. The molecule has 4 nitrogen and oxygen atoms in total. The van der Waals surface area contributed by atoms with E-state index in [2.05, 4.69) is 16.8 Å². The molecule has 1 aromatic rings. The molecule has 3 heterocycles. The number of carbonyl (C=O) groups is 1. The number of rotatable bonds is 3. The molecule has 0 aliphatic carbocycles. The Morgan fingerprint density at radius 3 is 3.35 bits per heavy atom. The number of hydrogen-bond donors (Lipinski definition) is 0. The van der Waals surface area contributed by atoms with Gasteiger partial charge >= 0.3 is 0 Å². The molecule has 0 bridgehead atoms. The van der Waals surface area contributed by atoms with Gasteiger partial charge in [0.05, 0.1) is 17.8 Å². The second kappa shape index (κ2) is 6.45. The summed E-state index contributed by atoms with van der Waals surface area (Å²) in [6, 6.07) is 0.340. The topological polar surface area (TPSA) is 42.4 Å². The average molecular weight is 312 g/mol. The number of hydrogen-bond acceptors (Lipinski definition) is 5. The van der Waals surface area contributed by atoms with Crippen LogP contribution in [0.4, 0.5) is 0 Å². The van der Waals surface area contributed by atoms with E-state index in [1.54, 1.807) is 17.5 Å². The number of thiazole rings is 1. The molecule has 20 heavy (non-hydrogen) atoms. The number of thioether (sulfide) groups is 1. The molecule has 2 saturated heterocycles. The summed E-state index contributed by atoms with van der Waals surface area (Å²) in [6.45, 7) is 4.54. The molecular formula is C14H20N2O2S2. The molecule has 0 spiro atoms. The van der Waals surface area contributed by atoms with Crippen LogP contribution in [0.2, 0.25) is 0 Å². The third-order valence-electron chi connectivity index (χ3n) is 3.82. The van der Waals surface area contributed by atoms with Gasteiger partial charge in [-0.1, -0.05) is 6.92 Å². The molecule has 110 valence electrons. The third-order valence-corrected chi connectivity index (χ3v) is 6.16. The monoisotopic (exact) mass is 312 g/mol. The van der Waals surface area contributed by atoms with Crippen LogP contribution in [0.5, 0.6) is 0 Å². The molecule has 2 fully saturated rings. The lowest BCUT2D eigenvalue weighted by Gasteiger charge is -2.43. The van der Waals surface area contributed by atoms with E-state index in [0.29, 0.717) is 11.3 Å². The van der Waals surface area contributed by atoms with Crippen LogP contribution in [0.3, 0.4) is 0 Å². The van der Waals surface area contributed by atoms with Crippen molar-refractivity contribution in [1.82, 2.24) is 9.88 Å². The van der Waals surface area contributed by atoms with Gasteiger partial charge < -0.3 is 9.64 Å². The van der Waals surface area contributed by atoms with Crippen molar-refractivity contribution in [1.29, 1.82) is 0 Å². The molecule has 0 radical (unpaired) electrons. The van der Waals surface area contributed by atoms with Gasteiger partial charge in [0.2, 0.25) is 0 Å². The number of aromatic nitrogens is 1. The number of carbonyl (C=O) groups excluding carboxylic acids is 1. The fourth-order valence-corrected chi connectivity index (χ4v) is 5.09. The van der Waals surface area contributed by atoms with E-state index in [9.17, 15) is 4.79 Å². The molecular weight excluding hydrogens is 292 g/mol. The quantitative estimate of drug-likeness (QED) is 0.860. The zero-order valence-corrected chi connectivity index (χ0v) is 13.3. The first kappa shape index (κ1) is 14.4. The Labute approximate surface area is 127 Å². The minimum Gasteiger partial charge on any atom is -0.380 e. The molecule has 3 rings (SSSR count). The molecule has 0 saturated carbocycles. The van der Waals surface area contributed by atoms with Crippen molar-refractivity contribution in [2.24, 2.45) is 0 Å². The Balaban J connectivity index is 1.74. The summed E-state index contributed by atoms with van der Waals surface area (Å²) >= 11 is 3.50. The summed E-state index contributed by atoms with van der Waals surface area (Å²) in [6.07, 6.45) is 4.76. The van der Waals surface area contributed by atoms with Gasteiger partial charge in [-0.05, 0) is 19.3 Å². The maximum atomic E-state index is 12.7. The first-order valence-electron chi connectivity index (χ1n) is 7.24. The highest BCUT2D eigenvalue weighted by Gasteiger charge is 2.37. The Bertz CT molecular complexity index is 475. The average Bonchev–Trinajstić information content (AvgIpc) is 2.95. The van der Waals surface area contributed by atoms with Crippen molar-refractivity contribution >= 4 is 29.0 Å². The van der Waals surface area contributed by atoms with Crippen molar-refractivity contribution < 1.29 is 9.53 Å². The normalized spacial score (nSPS) is 26.4. The van der Waals surface area contributed by atoms with Crippen molar-refractivity contribution in [2.45, 2.75) is 37.5 Å². The maximum absolute atomic E-state index is 12.7. The van der Waals surface area contributed by atoms with Crippen LogP contribution in [0.25, 0.3) is 0 Å². The van der Waals surface area contributed by atoms with Crippen LogP contribution < -0.4 is 0 Å².